The van der Waals surface area contributed by atoms with Gasteiger partial charge in [-0.05, 0) is 67.4 Å². The lowest BCUT2D eigenvalue weighted by molar-refractivity contribution is -0.193. The van der Waals surface area contributed by atoms with Crippen LogP contribution < -0.4 is 81.4 Å². The smallest absolute Gasteiger partial charge is 0.475 e. The highest BCUT2D eigenvalue weighted by molar-refractivity contribution is 6.00. The number of alkyl carbamates (subject to hydrolysis) is 1. The summed E-state index contributed by atoms with van der Waals surface area (Å²) >= 11 is 0. The summed E-state index contributed by atoms with van der Waals surface area (Å²) in [5, 5.41) is 84.6. The van der Waals surface area contributed by atoms with E-state index in [1.165, 1.54) is 44.2 Å². The number of benzene rings is 2. The molecule has 25 N–H and O–H groups in total. The molecule has 45 heteroatoms. The van der Waals surface area contributed by atoms with Gasteiger partial charge in [-0.1, -0.05) is 122 Å². The Labute approximate surface area is 637 Å². The number of esters is 1. The number of alkyl halides is 6. The van der Waals surface area contributed by atoms with E-state index in [-0.39, 0.29) is 56.8 Å². The third kappa shape index (κ3) is 35.3. The summed E-state index contributed by atoms with van der Waals surface area (Å²) in [6.45, 7) is 10.6. The molecule has 12 amide bonds. The maximum absolute atomic E-state index is 15.5. The average Bonchev–Trinajstić information content (AvgIpc) is 0.810. The van der Waals surface area contributed by atoms with Crippen LogP contribution in [-0.2, 0) is 83.2 Å². The van der Waals surface area contributed by atoms with Gasteiger partial charge >= 0.3 is 36.4 Å². The molecule has 39 nitrogen and oxygen atoms in total. The highest BCUT2D eigenvalue weighted by Gasteiger charge is 2.45. The van der Waals surface area contributed by atoms with Crippen LogP contribution in [0.1, 0.15) is 112 Å². The molecular weight excluding hydrogens is 1510 g/mol. The van der Waals surface area contributed by atoms with Crippen molar-refractivity contribution >= 4 is 94.9 Å². The zero-order valence-electron chi connectivity index (χ0n) is 62.4. The minimum Gasteiger partial charge on any atom is -0.475 e. The molecule has 0 aliphatic carbocycles. The van der Waals surface area contributed by atoms with Crippen molar-refractivity contribution in [2.24, 2.45) is 51.6 Å². The monoisotopic (exact) mass is 1610 g/mol. The Morgan fingerprint density at radius 1 is 0.616 bits per heavy atom. The standard InChI is InChI=1S/C63H98N16O19.2C2HF3O2/c1-10-33(8)43-57(91)77-44(34(9)81)56(90)69-27-42(82)75-46(49(84)51(65)85)59(93)73-41(28-80)61(95)98-50(36-20-15-12-16-21-36)47(79-54(88)39(25-31(4)5)71-55(89)40(26-64)74-63(96)97-29-35-18-13-11-14-19-35)60(94)78-45(48(83)32(6)7)58(92)72-38(24-30(2)3)53(87)70-37(52(86)76-43)22-17-23-68-62(66)67;2*3-2(4,5)1(6)7/h11-16,18-21,30-34,37-41,43-50,80-81,83-84H,10,17,22-29,64H2,1-9H3,(H2,65,85)(H,69,90)(H,70,87)(H,71,89)(H,72,92)(H,73,93)(H,74,96)(H,75,82)(H,76,86)(H,77,91)(H,78,94)(H,79,88)(H4,66,67,68);2*(H,6,7)/t33-,34-,37+,38-,39-,40-,41-,43-,44-,45-,46-,47-,48+,49-,50+;;/m0../s1. The van der Waals surface area contributed by atoms with Crippen LogP contribution in [0.3, 0.4) is 0 Å². The first-order valence-corrected chi connectivity index (χ1v) is 34.6. The number of hydrogen-bond acceptors (Lipinski definition) is 23. The number of nitrogens with zero attached hydrogens (tertiary/aromatic N) is 1. The number of aliphatic imine (C=N–C) groups is 1. The number of carboxylic acids is 2. The Morgan fingerprint density at radius 2 is 1.12 bits per heavy atom. The van der Waals surface area contributed by atoms with Gasteiger partial charge in [0.2, 0.25) is 65.0 Å². The second-order valence-electron chi connectivity index (χ2n) is 26.4. The fraction of sp³-hybridized carbons (Fsp3) is 0.582. The van der Waals surface area contributed by atoms with Gasteiger partial charge in [-0.3, -0.25) is 57.7 Å². The van der Waals surface area contributed by atoms with Crippen molar-refractivity contribution in [2.45, 2.75) is 198 Å². The molecule has 0 radical (unpaired) electrons. The number of carbonyl (C=O) groups excluding carboxylic acids is 13. The molecule has 1 aliphatic heterocycles. The predicted octanol–water partition coefficient (Wildman–Crippen LogP) is -4.29. The second kappa shape index (κ2) is 47.9. The van der Waals surface area contributed by atoms with Gasteiger partial charge in [-0.15, -0.1) is 0 Å². The Morgan fingerprint density at radius 3 is 1.60 bits per heavy atom. The van der Waals surface area contributed by atoms with Crippen molar-refractivity contribution in [3.05, 3.63) is 71.8 Å². The number of aliphatic hydroxyl groups excluding tert-OH is 4. The molecule has 1 saturated heterocycles. The fourth-order valence-electron chi connectivity index (χ4n) is 9.77. The van der Waals surface area contributed by atoms with Crippen molar-refractivity contribution < 1.29 is 138 Å². The Bertz CT molecular complexity index is 3500. The molecule has 2 aromatic rings. The Hall–Kier alpha value is -11.1. The zero-order chi connectivity index (χ0) is 85.8. The summed E-state index contributed by atoms with van der Waals surface area (Å²) in [7, 11) is 0. The van der Waals surface area contributed by atoms with Crippen LogP contribution in [0.4, 0.5) is 31.1 Å². The van der Waals surface area contributed by atoms with E-state index in [9.17, 15) is 99.5 Å². The second-order valence-corrected chi connectivity index (χ2v) is 26.4. The first-order valence-electron chi connectivity index (χ1n) is 34.6. The minimum absolute atomic E-state index is 0.0246. The van der Waals surface area contributed by atoms with Crippen molar-refractivity contribution in [3.63, 3.8) is 0 Å². The van der Waals surface area contributed by atoms with E-state index in [1.807, 2.05) is 10.6 Å². The Kier molecular flexibility index (Phi) is 42.3. The molecule has 1 fully saturated rings. The summed E-state index contributed by atoms with van der Waals surface area (Å²) < 4.78 is 74.7. The normalized spacial score (nSPS) is 21.9. The zero-order valence-corrected chi connectivity index (χ0v) is 62.4. The van der Waals surface area contributed by atoms with Gasteiger partial charge in [0.05, 0.1) is 25.4 Å². The molecule has 0 bridgehead atoms. The van der Waals surface area contributed by atoms with Gasteiger partial charge in [0, 0.05) is 13.1 Å². The van der Waals surface area contributed by atoms with Gasteiger partial charge in [-0.25, -0.2) is 19.2 Å². The first-order chi connectivity index (χ1) is 52.0. The van der Waals surface area contributed by atoms with Gasteiger partial charge < -0.3 is 122 Å². The maximum atomic E-state index is 15.5. The largest absolute Gasteiger partial charge is 0.490 e. The van der Waals surface area contributed by atoms with Crippen LogP contribution in [0.15, 0.2) is 65.7 Å². The number of nitrogens with one attached hydrogen (secondary N) is 11. The van der Waals surface area contributed by atoms with Crippen molar-refractivity contribution in [3.8, 4) is 0 Å². The molecule has 3 rings (SSSR count). The van der Waals surface area contributed by atoms with Gasteiger partial charge in [0.15, 0.2) is 24.2 Å². The summed E-state index contributed by atoms with van der Waals surface area (Å²) in [6, 6.07) is -3.37. The number of guanidine groups is 1. The third-order valence-electron chi connectivity index (χ3n) is 15.9. The van der Waals surface area contributed by atoms with Crippen molar-refractivity contribution in [1.82, 2.24) is 58.5 Å². The molecule has 628 valence electrons. The molecule has 1 aliphatic rings. The third-order valence-corrected chi connectivity index (χ3v) is 15.9. The van der Waals surface area contributed by atoms with Crippen LogP contribution in [0.2, 0.25) is 0 Å². The van der Waals surface area contributed by atoms with Gasteiger partial charge in [0.1, 0.15) is 61.0 Å². The molecule has 1 heterocycles. The number of ether oxygens (including phenoxy) is 2. The molecular formula is C67H100F6N16O23. The lowest BCUT2D eigenvalue weighted by atomic mass is 9.95. The highest BCUT2D eigenvalue weighted by atomic mass is 19.4. The number of cyclic esters (lactones) is 1. The van der Waals surface area contributed by atoms with E-state index in [2.05, 4.69) is 52.8 Å². The minimum atomic E-state index is -5.08. The molecule has 0 unspecified atom stereocenters. The Balaban J connectivity index is 0.00000406. The van der Waals surface area contributed by atoms with Gasteiger partial charge in [-0.2, -0.15) is 26.3 Å². The van der Waals surface area contributed by atoms with E-state index in [4.69, 9.17) is 52.2 Å². The predicted molar refractivity (Wildman–Crippen MR) is 379 cm³/mol. The number of carbonyl (C=O) groups is 15. The molecule has 15 atom stereocenters. The van der Waals surface area contributed by atoms with E-state index in [1.54, 1.807) is 71.9 Å². The molecule has 2 aromatic carbocycles. The van der Waals surface area contributed by atoms with Crippen LogP contribution in [0, 0.1) is 23.7 Å². The number of primary amides is 1. The van der Waals surface area contributed by atoms with E-state index in [0.717, 1.165) is 6.92 Å². The average molecular weight is 1610 g/mol. The van der Waals surface area contributed by atoms with E-state index < -0.39 is 230 Å². The summed E-state index contributed by atoms with van der Waals surface area (Å²) in [6.07, 6.45) is -19.9. The van der Waals surface area contributed by atoms with Crippen LogP contribution >= 0.6 is 0 Å². The van der Waals surface area contributed by atoms with Crippen LogP contribution in [-0.4, -0.2) is 243 Å². The number of rotatable bonds is 25. The quantitative estimate of drug-likeness (QED) is 0.0147. The molecule has 0 spiro atoms. The highest BCUT2D eigenvalue weighted by Crippen LogP contribution is 2.25. The van der Waals surface area contributed by atoms with E-state index in [0.29, 0.717) is 5.56 Å². The summed E-state index contributed by atoms with van der Waals surface area (Å²) in [5.74, 6) is -23.6. The van der Waals surface area contributed by atoms with Gasteiger partial charge in [0.25, 0.3) is 0 Å². The topological polar surface area (TPSA) is 645 Å². The lowest BCUT2D eigenvalue weighted by Crippen LogP contribution is -2.64. The molecule has 0 saturated carbocycles. The van der Waals surface area contributed by atoms with Crippen molar-refractivity contribution in [1.29, 1.82) is 0 Å². The fourth-order valence-corrected chi connectivity index (χ4v) is 9.77. The molecule has 0 aromatic heterocycles. The number of amides is 12. The summed E-state index contributed by atoms with van der Waals surface area (Å²) in [5.41, 5.74) is 22.9. The number of aliphatic hydroxyl groups is 4. The van der Waals surface area contributed by atoms with Crippen LogP contribution in [0.5, 0.6) is 0 Å². The number of halogens is 6. The summed E-state index contributed by atoms with van der Waals surface area (Å²) in [4.78, 5) is 206. The maximum Gasteiger partial charge on any atom is 0.490 e. The van der Waals surface area contributed by atoms with Crippen molar-refractivity contribution in [2.75, 3.05) is 26.2 Å². The number of hydrogen-bond donors (Lipinski definition) is 21. The lowest BCUT2D eigenvalue weighted by Gasteiger charge is -2.34. The number of nitrogens with two attached hydrogens (primary N) is 4. The van der Waals surface area contributed by atoms with E-state index >= 15 is 9.59 Å². The SMILES string of the molecule is CC[C@H](C)[C@@H]1NC(=O)[C@@H](CCCN=C(N)N)NC(=O)[C@H](CC(C)C)NC(=O)[C@H]([C@H](O)C(C)C)NC(=O)[C@@H](NC(=O)[C@H](CC(C)C)NC(=O)[C@H](CN)NC(=O)OCc2ccccc2)[C@@H](c2ccccc2)OC(=O)[C@H](CO)NC(=O)[C@H]([C@H](O)C(N)=O)NC(=O)CNC(=O)[C@H]([C@H](C)O)NC1=O.O=C(O)C(F)(F)F.O=C(O)C(F)(F)F. The first kappa shape index (κ1) is 98.9. The number of carboxylic acid groups (broad SMARTS) is 2. The molecule has 112 heavy (non-hydrogen) atoms. The number of aliphatic carboxylic acids is 2. The van der Waals surface area contributed by atoms with Crippen LogP contribution in [0.25, 0.3) is 0 Å².